The number of rotatable bonds is 8. The summed E-state index contributed by atoms with van der Waals surface area (Å²) < 4.78 is 1.52. The van der Waals surface area contributed by atoms with Gasteiger partial charge in [0.25, 0.3) is 5.56 Å². The van der Waals surface area contributed by atoms with Gasteiger partial charge in [0.2, 0.25) is 5.91 Å². The number of carbonyl (C=O) groups excluding carboxylic acids is 1. The van der Waals surface area contributed by atoms with E-state index in [1.54, 1.807) is 6.20 Å². The first-order valence-corrected chi connectivity index (χ1v) is 10.3. The van der Waals surface area contributed by atoms with Crippen LogP contribution in [0.1, 0.15) is 18.2 Å². The number of hydrogen-bond donors (Lipinski definition) is 2. The molecule has 3 aromatic rings. The van der Waals surface area contributed by atoms with E-state index in [1.165, 1.54) is 33.6 Å². The zero-order valence-corrected chi connectivity index (χ0v) is 17.3. The van der Waals surface area contributed by atoms with Crippen LogP contribution in [-0.2, 0) is 17.1 Å². The van der Waals surface area contributed by atoms with Crippen molar-refractivity contribution in [2.24, 2.45) is 0 Å². The van der Waals surface area contributed by atoms with Gasteiger partial charge in [-0.3, -0.25) is 14.0 Å². The molecule has 0 atom stereocenters. The number of anilines is 1. The Morgan fingerprint density at radius 2 is 2.15 bits per heavy atom. The van der Waals surface area contributed by atoms with Crippen molar-refractivity contribution in [2.45, 2.75) is 19.2 Å². The number of amides is 1. The zero-order chi connectivity index (χ0) is 18.4. The van der Waals surface area contributed by atoms with E-state index in [1.807, 2.05) is 36.6 Å². The van der Waals surface area contributed by atoms with E-state index in [2.05, 4.69) is 15.6 Å². The molecule has 0 aliphatic rings. The van der Waals surface area contributed by atoms with Crippen molar-refractivity contribution in [2.75, 3.05) is 17.6 Å². The Labute approximate surface area is 171 Å². The first-order valence-electron chi connectivity index (χ1n) is 8.29. The first kappa shape index (κ1) is 21.4. The third-order valence-electron chi connectivity index (χ3n) is 3.70. The molecule has 3 rings (SSSR count). The molecule has 0 radical (unpaired) electrons. The Morgan fingerprint density at radius 1 is 1.33 bits per heavy atom. The molecule has 0 saturated heterocycles. The molecular weight excluding hydrogens is 404 g/mol. The van der Waals surface area contributed by atoms with Crippen molar-refractivity contribution in [1.29, 1.82) is 0 Å². The van der Waals surface area contributed by atoms with Crippen LogP contribution >= 0.6 is 35.5 Å². The highest BCUT2D eigenvalue weighted by Crippen LogP contribution is 2.16. The van der Waals surface area contributed by atoms with Gasteiger partial charge in [-0.15, -0.1) is 35.5 Å². The summed E-state index contributed by atoms with van der Waals surface area (Å²) in [5, 5.41) is 8.06. The molecule has 6 nitrogen and oxygen atoms in total. The molecule has 2 N–H and O–H groups in total. The van der Waals surface area contributed by atoms with Crippen molar-refractivity contribution in [3.63, 3.8) is 0 Å². The average Bonchev–Trinajstić information content (AvgIpc) is 3.10. The minimum Gasteiger partial charge on any atom is -0.325 e. The summed E-state index contributed by atoms with van der Waals surface area (Å²) in [7, 11) is 0. The van der Waals surface area contributed by atoms with Crippen LogP contribution in [0.25, 0.3) is 4.96 Å². The number of carbonyl (C=O) groups is 1. The van der Waals surface area contributed by atoms with E-state index in [0.29, 0.717) is 22.2 Å². The van der Waals surface area contributed by atoms with Crippen LogP contribution < -0.4 is 16.2 Å². The van der Waals surface area contributed by atoms with Gasteiger partial charge >= 0.3 is 0 Å². The van der Waals surface area contributed by atoms with E-state index < -0.39 is 0 Å². The number of halogens is 1. The van der Waals surface area contributed by atoms with Crippen LogP contribution in [0.15, 0.2) is 46.7 Å². The Kier molecular flexibility index (Phi) is 8.30. The molecule has 144 valence electrons. The van der Waals surface area contributed by atoms with Gasteiger partial charge in [-0.05, 0) is 18.2 Å². The van der Waals surface area contributed by atoms with E-state index in [4.69, 9.17) is 0 Å². The lowest BCUT2D eigenvalue weighted by atomic mass is 10.1. The molecule has 0 aliphatic heterocycles. The van der Waals surface area contributed by atoms with Gasteiger partial charge in [0, 0.05) is 35.6 Å². The fourth-order valence-corrected chi connectivity index (χ4v) is 3.91. The summed E-state index contributed by atoms with van der Waals surface area (Å²) >= 11 is 2.87. The summed E-state index contributed by atoms with van der Waals surface area (Å²) in [5.74, 6) is 0.768. The van der Waals surface area contributed by atoms with Crippen molar-refractivity contribution in [1.82, 2.24) is 14.7 Å². The largest absolute Gasteiger partial charge is 0.325 e. The molecule has 0 spiro atoms. The van der Waals surface area contributed by atoms with Crippen LogP contribution in [0.4, 0.5) is 5.69 Å². The maximum Gasteiger partial charge on any atom is 0.258 e. The summed E-state index contributed by atoms with van der Waals surface area (Å²) in [6.45, 7) is 3.64. The Morgan fingerprint density at radius 3 is 2.96 bits per heavy atom. The number of para-hydroxylation sites is 1. The minimum absolute atomic E-state index is 0. The van der Waals surface area contributed by atoms with Crippen LogP contribution in [0.2, 0.25) is 0 Å². The SMILES string of the molecule is CCNCc1ccccc1NC(=O)CSCc1cc(=O)n2ccsc2n1.Cl. The van der Waals surface area contributed by atoms with Crippen molar-refractivity contribution < 1.29 is 4.79 Å². The molecule has 0 saturated carbocycles. The Balaban J connectivity index is 0.00000261. The topological polar surface area (TPSA) is 75.5 Å². The first-order chi connectivity index (χ1) is 12.7. The highest BCUT2D eigenvalue weighted by Gasteiger charge is 2.08. The van der Waals surface area contributed by atoms with Gasteiger partial charge in [-0.2, -0.15) is 0 Å². The highest BCUT2D eigenvalue weighted by atomic mass is 35.5. The summed E-state index contributed by atoms with van der Waals surface area (Å²) in [5.41, 5.74) is 2.50. The normalized spacial score (nSPS) is 10.6. The lowest BCUT2D eigenvalue weighted by Gasteiger charge is -2.11. The molecular formula is C18H21ClN4O2S2. The lowest BCUT2D eigenvalue weighted by Crippen LogP contribution is -2.18. The van der Waals surface area contributed by atoms with Crippen LogP contribution in [-0.4, -0.2) is 27.6 Å². The fourth-order valence-electron chi connectivity index (χ4n) is 2.45. The molecule has 0 aliphatic carbocycles. The fraction of sp³-hybridized carbons (Fsp3) is 0.278. The van der Waals surface area contributed by atoms with Crippen molar-refractivity contribution >= 4 is 52.1 Å². The smallest absolute Gasteiger partial charge is 0.258 e. The monoisotopic (exact) mass is 424 g/mol. The Hall–Kier alpha value is -1.87. The number of benzene rings is 1. The molecule has 2 aromatic heterocycles. The van der Waals surface area contributed by atoms with Gasteiger partial charge < -0.3 is 10.6 Å². The van der Waals surface area contributed by atoms with Gasteiger partial charge in [0.05, 0.1) is 11.4 Å². The molecule has 1 aromatic carbocycles. The van der Waals surface area contributed by atoms with Crippen LogP contribution in [0.5, 0.6) is 0 Å². The van der Waals surface area contributed by atoms with E-state index in [9.17, 15) is 9.59 Å². The number of nitrogens with zero attached hydrogens (tertiary/aromatic N) is 2. The molecule has 9 heteroatoms. The summed E-state index contributed by atoms with van der Waals surface area (Å²) in [6.07, 6.45) is 1.71. The predicted molar refractivity (Wildman–Crippen MR) is 115 cm³/mol. The van der Waals surface area contributed by atoms with Gasteiger partial charge in [-0.25, -0.2) is 4.98 Å². The predicted octanol–water partition coefficient (Wildman–Crippen LogP) is 3.16. The summed E-state index contributed by atoms with van der Waals surface area (Å²) in [4.78, 5) is 29.3. The number of aromatic nitrogens is 2. The van der Waals surface area contributed by atoms with E-state index >= 15 is 0 Å². The molecule has 2 heterocycles. The molecule has 1 amide bonds. The molecule has 0 bridgehead atoms. The van der Waals surface area contributed by atoms with Crippen molar-refractivity contribution in [3.05, 3.63) is 63.5 Å². The van der Waals surface area contributed by atoms with Crippen LogP contribution in [0.3, 0.4) is 0 Å². The van der Waals surface area contributed by atoms with Crippen molar-refractivity contribution in [3.8, 4) is 0 Å². The maximum absolute atomic E-state index is 12.2. The third-order valence-corrected chi connectivity index (χ3v) is 5.42. The minimum atomic E-state index is -0.0892. The summed E-state index contributed by atoms with van der Waals surface area (Å²) in [6, 6.07) is 9.30. The van der Waals surface area contributed by atoms with E-state index in [-0.39, 0.29) is 23.9 Å². The lowest BCUT2D eigenvalue weighted by molar-refractivity contribution is -0.113. The zero-order valence-electron chi connectivity index (χ0n) is 14.8. The Bertz CT molecular complexity index is 958. The number of nitrogens with one attached hydrogen (secondary N) is 2. The highest BCUT2D eigenvalue weighted by molar-refractivity contribution is 7.99. The second-order valence-corrected chi connectivity index (χ2v) is 7.48. The third kappa shape index (κ3) is 5.80. The van der Waals surface area contributed by atoms with Gasteiger partial charge in [-0.1, -0.05) is 25.1 Å². The average molecular weight is 425 g/mol. The number of fused-ring (bicyclic) bond motifs is 1. The second-order valence-electron chi connectivity index (χ2n) is 5.62. The second kappa shape index (κ2) is 10.5. The number of thiazole rings is 1. The van der Waals surface area contributed by atoms with E-state index in [0.717, 1.165) is 24.3 Å². The van der Waals surface area contributed by atoms with Gasteiger partial charge in [0.15, 0.2) is 4.96 Å². The molecule has 0 fully saturated rings. The molecule has 27 heavy (non-hydrogen) atoms. The van der Waals surface area contributed by atoms with Crippen LogP contribution in [0, 0.1) is 0 Å². The number of thioether (sulfide) groups is 1. The number of hydrogen-bond acceptors (Lipinski definition) is 6. The standard InChI is InChI=1S/C18H20N4O2S2.ClH/c1-2-19-10-13-5-3-4-6-15(13)21-16(23)12-25-11-14-9-17(24)22-7-8-26-18(22)20-14;/h3-9,19H,2,10-12H2,1H3,(H,21,23);1H. The molecule has 0 unspecified atom stereocenters. The quantitative estimate of drug-likeness (QED) is 0.581. The van der Waals surface area contributed by atoms with Gasteiger partial charge in [0.1, 0.15) is 0 Å². The maximum atomic E-state index is 12.2.